The summed E-state index contributed by atoms with van der Waals surface area (Å²) in [4.78, 5) is 2.47. The largest absolute Gasteiger partial charge is 0.371 e. The molecular formula is C14H17N. The second-order valence-corrected chi connectivity index (χ2v) is 4.09. The molecule has 0 bridgehead atoms. The summed E-state index contributed by atoms with van der Waals surface area (Å²) in [5.41, 5.74) is 6.73. The molecule has 1 saturated heterocycles. The molecule has 0 radical (unpaired) electrons. The lowest BCUT2D eigenvalue weighted by atomic mass is 10.1. The highest BCUT2D eigenvalue weighted by molar-refractivity contribution is 5.60. The van der Waals surface area contributed by atoms with Crippen LogP contribution in [-0.2, 0) is 0 Å². The van der Waals surface area contributed by atoms with Crippen molar-refractivity contribution in [3.05, 3.63) is 41.6 Å². The Hall–Kier alpha value is -1.46. The maximum Gasteiger partial charge on any atom is 0.0396 e. The van der Waals surface area contributed by atoms with Crippen LogP contribution in [-0.4, -0.2) is 13.1 Å². The van der Waals surface area contributed by atoms with Crippen LogP contribution in [0, 0.1) is 6.92 Å². The van der Waals surface area contributed by atoms with Gasteiger partial charge in [0, 0.05) is 18.8 Å². The van der Waals surface area contributed by atoms with Crippen LogP contribution in [0.2, 0.25) is 0 Å². The molecule has 15 heavy (non-hydrogen) atoms. The standard InChI is InChI=1S/C14H17N/c1-3-6-13-7-8-14(12(2)11-13)15-9-4-5-10-15/h6-8,11H,1,4-5,9-10H2,2H3. The zero-order chi connectivity index (χ0) is 10.7. The highest BCUT2D eigenvalue weighted by atomic mass is 15.1. The van der Waals surface area contributed by atoms with E-state index in [0.717, 1.165) is 0 Å². The molecule has 0 aliphatic carbocycles. The summed E-state index contributed by atoms with van der Waals surface area (Å²) >= 11 is 0. The van der Waals surface area contributed by atoms with Gasteiger partial charge >= 0.3 is 0 Å². The number of anilines is 1. The second-order valence-electron chi connectivity index (χ2n) is 4.09. The predicted molar refractivity (Wildman–Crippen MR) is 66.2 cm³/mol. The van der Waals surface area contributed by atoms with Gasteiger partial charge in [-0.05, 0) is 49.1 Å². The van der Waals surface area contributed by atoms with Crippen LogP contribution in [0.25, 0.3) is 6.08 Å². The molecule has 0 spiro atoms. The van der Waals surface area contributed by atoms with Gasteiger partial charge in [0.25, 0.3) is 0 Å². The van der Waals surface area contributed by atoms with Gasteiger partial charge in [0.1, 0.15) is 0 Å². The van der Waals surface area contributed by atoms with Gasteiger partial charge in [0.15, 0.2) is 0 Å². The first-order valence-electron chi connectivity index (χ1n) is 5.52. The Balaban J connectivity index is 2.29. The normalized spacial score (nSPS) is 15.1. The SMILES string of the molecule is C=C=Cc1ccc(N2CCCC2)c(C)c1. The molecule has 2 rings (SSSR count). The van der Waals surface area contributed by atoms with Crippen LogP contribution < -0.4 is 4.90 Å². The van der Waals surface area contributed by atoms with Gasteiger partial charge in [0.05, 0.1) is 0 Å². The van der Waals surface area contributed by atoms with E-state index in [9.17, 15) is 0 Å². The molecular weight excluding hydrogens is 182 g/mol. The van der Waals surface area contributed by atoms with Crippen LogP contribution in [0.1, 0.15) is 24.0 Å². The van der Waals surface area contributed by atoms with Gasteiger partial charge in [0.2, 0.25) is 0 Å². The Morgan fingerprint density at radius 1 is 1.33 bits per heavy atom. The van der Waals surface area contributed by atoms with E-state index in [1.165, 1.54) is 42.7 Å². The molecule has 0 amide bonds. The lowest BCUT2D eigenvalue weighted by Gasteiger charge is -2.20. The summed E-state index contributed by atoms with van der Waals surface area (Å²) in [6.45, 7) is 8.18. The van der Waals surface area contributed by atoms with Crippen molar-refractivity contribution >= 4 is 11.8 Å². The molecule has 0 N–H and O–H groups in total. The van der Waals surface area contributed by atoms with Crippen molar-refractivity contribution < 1.29 is 0 Å². The van der Waals surface area contributed by atoms with E-state index in [1.54, 1.807) is 0 Å². The number of rotatable bonds is 2. The fourth-order valence-electron chi connectivity index (χ4n) is 2.20. The van der Waals surface area contributed by atoms with E-state index < -0.39 is 0 Å². The molecule has 78 valence electrons. The van der Waals surface area contributed by atoms with E-state index in [0.29, 0.717) is 0 Å². The van der Waals surface area contributed by atoms with Crippen molar-refractivity contribution in [2.45, 2.75) is 19.8 Å². The minimum absolute atomic E-state index is 1.19. The average molecular weight is 199 g/mol. The van der Waals surface area contributed by atoms with Crippen LogP contribution >= 0.6 is 0 Å². The minimum atomic E-state index is 1.19. The topological polar surface area (TPSA) is 3.24 Å². The van der Waals surface area contributed by atoms with E-state index >= 15 is 0 Å². The molecule has 1 aromatic rings. The van der Waals surface area contributed by atoms with Gasteiger partial charge < -0.3 is 4.90 Å². The number of nitrogens with zero attached hydrogens (tertiary/aromatic N) is 1. The Kier molecular flexibility index (Phi) is 2.94. The van der Waals surface area contributed by atoms with Crippen molar-refractivity contribution in [3.63, 3.8) is 0 Å². The molecule has 1 nitrogen and oxygen atoms in total. The smallest absolute Gasteiger partial charge is 0.0396 e. The quantitative estimate of drug-likeness (QED) is 0.660. The van der Waals surface area contributed by atoms with Gasteiger partial charge in [-0.25, -0.2) is 0 Å². The van der Waals surface area contributed by atoms with Crippen molar-refractivity contribution in [3.8, 4) is 0 Å². The molecule has 1 aliphatic heterocycles. The maximum absolute atomic E-state index is 3.59. The van der Waals surface area contributed by atoms with Gasteiger partial charge in [-0.15, -0.1) is 5.73 Å². The first-order chi connectivity index (χ1) is 7.31. The Labute approximate surface area is 91.7 Å². The highest BCUT2D eigenvalue weighted by Gasteiger charge is 2.13. The molecule has 1 heteroatoms. The van der Waals surface area contributed by atoms with Gasteiger partial charge in [-0.3, -0.25) is 0 Å². The average Bonchev–Trinajstić information content (AvgIpc) is 2.71. The second kappa shape index (κ2) is 4.37. The number of hydrogen-bond acceptors (Lipinski definition) is 1. The van der Waals surface area contributed by atoms with E-state index in [4.69, 9.17) is 0 Å². The lowest BCUT2D eigenvalue weighted by molar-refractivity contribution is 0.949. The molecule has 0 aromatic heterocycles. The first-order valence-corrected chi connectivity index (χ1v) is 5.52. The summed E-state index contributed by atoms with van der Waals surface area (Å²) < 4.78 is 0. The molecule has 0 atom stereocenters. The fraction of sp³-hybridized carbons (Fsp3) is 0.357. The zero-order valence-corrected chi connectivity index (χ0v) is 9.29. The summed E-state index contributed by atoms with van der Waals surface area (Å²) in [5.74, 6) is 0. The molecule has 1 heterocycles. The molecule has 0 unspecified atom stereocenters. The zero-order valence-electron chi connectivity index (χ0n) is 9.29. The van der Waals surface area contributed by atoms with Crippen molar-refractivity contribution in [2.24, 2.45) is 0 Å². The molecule has 1 aromatic carbocycles. The summed E-state index contributed by atoms with van der Waals surface area (Å²) in [6, 6.07) is 6.55. The van der Waals surface area contributed by atoms with Crippen molar-refractivity contribution in [1.29, 1.82) is 0 Å². The van der Waals surface area contributed by atoms with Crippen LogP contribution in [0.5, 0.6) is 0 Å². The van der Waals surface area contributed by atoms with Crippen LogP contribution in [0.15, 0.2) is 30.5 Å². The maximum atomic E-state index is 3.59. The monoisotopic (exact) mass is 199 g/mol. The Morgan fingerprint density at radius 3 is 2.67 bits per heavy atom. The summed E-state index contributed by atoms with van der Waals surface area (Å²) in [7, 11) is 0. The van der Waals surface area contributed by atoms with Crippen molar-refractivity contribution in [1.82, 2.24) is 0 Å². The van der Waals surface area contributed by atoms with Crippen LogP contribution in [0.3, 0.4) is 0 Å². The van der Waals surface area contributed by atoms with Crippen molar-refractivity contribution in [2.75, 3.05) is 18.0 Å². The van der Waals surface area contributed by atoms with Gasteiger partial charge in [-0.2, -0.15) is 0 Å². The van der Waals surface area contributed by atoms with E-state index in [1.807, 2.05) is 6.08 Å². The molecule has 0 saturated carbocycles. The number of hydrogen-bond donors (Lipinski definition) is 0. The fourth-order valence-corrected chi connectivity index (χ4v) is 2.20. The summed E-state index contributed by atoms with van der Waals surface area (Å²) in [5, 5.41) is 0. The molecule has 1 fully saturated rings. The lowest BCUT2D eigenvalue weighted by Crippen LogP contribution is -2.18. The summed E-state index contributed by atoms with van der Waals surface area (Å²) in [6.07, 6.45) is 4.57. The molecule has 1 aliphatic rings. The third-order valence-electron chi connectivity index (χ3n) is 2.94. The van der Waals surface area contributed by atoms with E-state index in [2.05, 4.69) is 42.3 Å². The third kappa shape index (κ3) is 2.14. The highest BCUT2D eigenvalue weighted by Crippen LogP contribution is 2.25. The number of benzene rings is 1. The Morgan fingerprint density at radius 2 is 2.07 bits per heavy atom. The third-order valence-corrected chi connectivity index (χ3v) is 2.94. The van der Waals surface area contributed by atoms with E-state index in [-0.39, 0.29) is 0 Å². The number of aryl methyl sites for hydroxylation is 1. The Bertz CT molecular complexity index is 394. The van der Waals surface area contributed by atoms with Gasteiger partial charge in [-0.1, -0.05) is 12.6 Å². The first kappa shape index (κ1) is 10.1. The minimum Gasteiger partial charge on any atom is -0.371 e. The van der Waals surface area contributed by atoms with Crippen LogP contribution in [0.4, 0.5) is 5.69 Å². The predicted octanol–water partition coefficient (Wildman–Crippen LogP) is 3.39.